The third-order valence-corrected chi connectivity index (χ3v) is 7.38. The molecule has 2 fully saturated rings. The molecule has 11 heteroatoms. The van der Waals surface area contributed by atoms with Crippen LogP contribution in [0.1, 0.15) is 66.2 Å². The molecule has 5 amide bonds. The van der Waals surface area contributed by atoms with E-state index in [-0.39, 0.29) is 42.8 Å². The number of carbonyl (C=O) groups is 6. The average Bonchev–Trinajstić information content (AvgIpc) is 3.17. The molecule has 1 aromatic carbocycles. The fourth-order valence-corrected chi connectivity index (χ4v) is 5.20. The molecule has 11 nitrogen and oxygen atoms in total. The maximum atomic E-state index is 13.3. The van der Waals surface area contributed by atoms with Crippen LogP contribution in [0.3, 0.4) is 0 Å². The summed E-state index contributed by atoms with van der Waals surface area (Å²) in [6.45, 7) is 3.20. The summed E-state index contributed by atoms with van der Waals surface area (Å²) in [5.41, 5.74) is 0.445. The highest BCUT2D eigenvalue weighted by Crippen LogP contribution is 2.29. The van der Waals surface area contributed by atoms with Crippen molar-refractivity contribution in [2.24, 2.45) is 0 Å². The fourth-order valence-electron chi connectivity index (χ4n) is 5.20. The normalized spacial score (nSPS) is 22.1. The van der Waals surface area contributed by atoms with Crippen LogP contribution in [0.5, 0.6) is 0 Å². The highest BCUT2D eigenvalue weighted by atomic mass is 16.5. The van der Waals surface area contributed by atoms with Gasteiger partial charge >= 0.3 is 5.97 Å². The van der Waals surface area contributed by atoms with Crippen LogP contribution in [0, 0.1) is 0 Å². The van der Waals surface area contributed by atoms with Crippen LogP contribution < -0.4 is 5.32 Å². The molecule has 1 aromatic rings. The minimum Gasteiger partial charge on any atom is -0.467 e. The Balaban J connectivity index is 1.43. The van der Waals surface area contributed by atoms with Gasteiger partial charge in [0, 0.05) is 13.0 Å². The molecule has 37 heavy (non-hydrogen) atoms. The van der Waals surface area contributed by atoms with Crippen molar-refractivity contribution in [2.45, 2.75) is 63.6 Å². The highest BCUT2D eigenvalue weighted by Gasteiger charge is 2.47. The van der Waals surface area contributed by atoms with Gasteiger partial charge in [-0.3, -0.25) is 38.7 Å². The SMILES string of the molecule is COC(=O)C(CCN1C(=O)CCC(N2C(=O)c3ccccc3C2=O)C1=O)NC(=O)C(C)N1CCCCC1. The van der Waals surface area contributed by atoms with Gasteiger partial charge in [-0.2, -0.15) is 0 Å². The largest absolute Gasteiger partial charge is 0.467 e. The van der Waals surface area contributed by atoms with Gasteiger partial charge in [-0.05, 0) is 57.8 Å². The zero-order valence-electron chi connectivity index (χ0n) is 21.1. The van der Waals surface area contributed by atoms with Crippen molar-refractivity contribution in [3.63, 3.8) is 0 Å². The van der Waals surface area contributed by atoms with Crippen molar-refractivity contribution in [2.75, 3.05) is 26.7 Å². The van der Waals surface area contributed by atoms with Crippen molar-refractivity contribution < 1.29 is 33.5 Å². The van der Waals surface area contributed by atoms with E-state index in [0.29, 0.717) is 0 Å². The van der Waals surface area contributed by atoms with Gasteiger partial charge in [-0.15, -0.1) is 0 Å². The van der Waals surface area contributed by atoms with Crippen molar-refractivity contribution in [1.82, 2.24) is 20.0 Å². The van der Waals surface area contributed by atoms with Crippen LogP contribution in [-0.4, -0.2) is 95.1 Å². The molecule has 0 aliphatic carbocycles. The third kappa shape index (κ3) is 5.27. The van der Waals surface area contributed by atoms with E-state index in [1.54, 1.807) is 19.1 Å². The second-order valence-electron chi connectivity index (χ2n) is 9.61. The summed E-state index contributed by atoms with van der Waals surface area (Å²) in [6, 6.07) is 3.71. The maximum Gasteiger partial charge on any atom is 0.328 e. The number of nitrogens with zero attached hydrogens (tertiary/aromatic N) is 3. The number of amides is 5. The molecule has 4 rings (SSSR count). The fraction of sp³-hybridized carbons (Fsp3) is 0.538. The first-order valence-electron chi connectivity index (χ1n) is 12.7. The predicted octanol–water partition coefficient (Wildman–Crippen LogP) is 0.723. The maximum absolute atomic E-state index is 13.3. The van der Waals surface area contributed by atoms with E-state index in [9.17, 15) is 28.8 Å². The number of piperidine rings is 2. The van der Waals surface area contributed by atoms with E-state index in [4.69, 9.17) is 4.74 Å². The Morgan fingerprint density at radius 3 is 2.24 bits per heavy atom. The van der Waals surface area contributed by atoms with Gasteiger partial charge < -0.3 is 10.1 Å². The number of carbonyl (C=O) groups excluding carboxylic acids is 6. The topological polar surface area (TPSA) is 133 Å². The highest BCUT2D eigenvalue weighted by molar-refractivity contribution is 6.23. The predicted molar refractivity (Wildman–Crippen MR) is 130 cm³/mol. The first-order chi connectivity index (χ1) is 17.7. The van der Waals surface area contributed by atoms with Gasteiger partial charge in [-0.25, -0.2) is 4.79 Å². The second-order valence-corrected chi connectivity index (χ2v) is 9.61. The minimum absolute atomic E-state index is 0.0319. The third-order valence-electron chi connectivity index (χ3n) is 7.38. The average molecular weight is 513 g/mol. The minimum atomic E-state index is -1.12. The Morgan fingerprint density at radius 2 is 1.65 bits per heavy atom. The van der Waals surface area contributed by atoms with Crippen molar-refractivity contribution >= 4 is 35.5 Å². The van der Waals surface area contributed by atoms with Gasteiger partial charge in [0.2, 0.25) is 11.8 Å². The van der Waals surface area contributed by atoms with E-state index in [1.807, 2.05) is 0 Å². The van der Waals surface area contributed by atoms with E-state index >= 15 is 0 Å². The summed E-state index contributed by atoms with van der Waals surface area (Å²) in [4.78, 5) is 81.0. The molecular weight excluding hydrogens is 480 g/mol. The quantitative estimate of drug-likeness (QED) is 0.398. The van der Waals surface area contributed by atoms with Crippen LogP contribution in [0.25, 0.3) is 0 Å². The van der Waals surface area contributed by atoms with E-state index in [2.05, 4.69) is 10.2 Å². The lowest BCUT2D eigenvalue weighted by Crippen LogP contribution is -2.57. The van der Waals surface area contributed by atoms with Crippen LogP contribution in [0.15, 0.2) is 24.3 Å². The Morgan fingerprint density at radius 1 is 1.03 bits per heavy atom. The van der Waals surface area contributed by atoms with Gasteiger partial charge in [-0.1, -0.05) is 18.6 Å². The number of esters is 1. The number of benzene rings is 1. The number of fused-ring (bicyclic) bond motifs is 1. The lowest BCUT2D eigenvalue weighted by Gasteiger charge is -2.35. The molecule has 3 heterocycles. The Kier molecular flexibility index (Phi) is 8.01. The zero-order valence-corrected chi connectivity index (χ0v) is 21.1. The molecule has 2 saturated heterocycles. The number of hydrogen-bond acceptors (Lipinski definition) is 8. The smallest absolute Gasteiger partial charge is 0.328 e. The summed E-state index contributed by atoms with van der Waals surface area (Å²) in [7, 11) is 1.20. The van der Waals surface area contributed by atoms with Gasteiger partial charge in [0.15, 0.2) is 0 Å². The molecule has 1 N–H and O–H groups in total. The first-order valence-corrected chi connectivity index (χ1v) is 12.7. The van der Waals surface area contributed by atoms with Crippen molar-refractivity contribution in [3.05, 3.63) is 35.4 Å². The van der Waals surface area contributed by atoms with Gasteiger partial charge in [0.25, 0.3) is 17.7 Å². The van der Waals surface area contributed by atoms with Crippen LogP contribution in [0.2, 0.25) is 0 Å². The summed E-state index contributed by atoms with van der Waals surface area (Å²) < 4.78 is 4.85. The number of hydrogen-bond donors (Lipinski definition) is 1. The number of methoxy groups -OCH3 is 1. The molecular formula is C26H32N4O7. The molecule has 3 atom stereocenters. The Bertz CT molecular complexity index is 1080. The lowest BCUT2D eigenvalue weighted by atomic mass is 10.0. The summed E-state index contributed by atoms with van der Waals surface area (Å²) in [6.07, 6.45) is 3.07. The molecule has 0 aromatic heterocycles. The van der Waals surface area contributed by atoms with E-state index < -0.39 is 47.7 Å². The standard InChI is InChI=1S/C26H32N4O7/c1-16(28-13-6-3-7-14-28)22(32)27-19(26(36)37-2)12-15-29-21(31)11-10-20(25(29)35)30-23(33)17-8-4-5-9-18(17)24(30)34/h4-5,8-9,16,19-20H,3,6-7,10-15H2,1-2H3,(H,27,32). The summed E-state index contributed by atoms with van der Waals surface area (Å²) in [5.74, 6) is -3.30. The Labute approximate surface area is 215 Å². The molecule has 3 aliphatic heterocycles. The van der Waals surface area contributed by atoms with E-state index in [1.165, 1.54) is 19.2 Å². The van der Waals surface area contributed by atoms with Crippen LogP contribution in [0.4, 0.5) is 0 Å². The summed E-state index contributed by atoms with van der Waals surface area (Å²) >= 11 is 0. The van der Waals surface area contributed by atoms with E-state index in [0.717, 1.165) is 42.2 Å². The molecule has 198 valence electrons. The molecule has 3 unspecified atom stereocenters. The van der Waals surface area contributed by atoms with Crippen LogP contribution in [-0.2, 0) is 23.9 Å². The lowest BCUT2D eigenvalue weighted by molar-refractivity contribution is -0.153. The van der Waals surface area contributed by atoms with Gasteiger partial charge in [0.1, 0.15) is 12.1 Å². The number of rotatable bonds is 8. The first kappa shape index (κ1) is 26.5. The van der Waals surface area contributed by atoms with Crippen molar-refractivity contribution in [3.8, 4) is 0 Å². The number of nitrogens with one attached hydrogen (secondary N) is 1. The zero-order chi connectivity index (χ0) is 26.7. The van der Waals surface area contributed by atoms with Gasteiger partial charge in [0.05, 0.1) is 24.3 Å². The number of likely N-dealkylation sites (tertiary alicyclic amines) is 2. The molecule has 0 bridgehead atoms. The second kappa shape index (κ2) is 11.2. The molecule has 0 spiro atoms. The molecule has 0 radical (unpaired) electrons. The van der Waals surface area contributed by atoms with Crippen molar-refractivity contribution in [1.29, 1.82) is 0 Å². The monoisotopic (exact) mass is 512 g/mol. The molecule has 0 saturated carbocycles. The number of imide groups is 2. The Hall–Kier alpha value is -3.60. The molecule has 3 aliphatic rings. The number of ether oxygens (including phenoxy) is 1. The van der Waals surface area contributed by atoms with Crippen LogP contribution >= 0.6 is 0 Å². The summed E-state index contributed by atoms with van der Waals surface area (Å²) in [5, 5.41) is 2.70.